The number of phenols is 1. The van der Waals surface area contributed by atoms with Gasteiger partial charge in [0.15, 0.2) is 0 Å². The van der Waals surface area contributed by atoms with Crippen molar-refractivity contribution < 1.29 is 18.3 Å². The van der Waals surface area contributed by atoms with Gasteiger partial charge in [0.1, 0.15) is 10.6 Å². The Kier molecular flexibility index (Phi) is 5.76. The van der Waals surface area contributed by atoms with Crippen LogP contribution in [0.1, 0.15) is 23.4 Å². The lowest BCUT2D eigenvalue weighted by Crippen LogP contribution is -2.50. The Morgan fingerprint density at radius 1 is 1.11 bits per heavy atom. The van der Waals surface area contributed by atoms with Crippen LogP contribution < -0.4 is 0 Å². The van der Waals surface area contributed by atoms with Crippen molar-refractivity contribution in [2.75, 3.05) is 26.2 Å². The van der Waals surface area contributed by atoms with E-state index in [1.807, 2.05) is 24.6 Å². The van der Waals surface area contributed by atoms with Gasteiger partial charge in [0.05, 0.1) is 5.69 Å². The van der Waals surface area contributed by atoms with Gasteiger partial charge in [0, 0.05) is 44.8 Å². The van der Waals surface area contributed by atoms with Crippen LogP contribution in [-0.2, 0) is 21.4 Å². The van der Waals surface area contributed by atoms with E-state index in [1.165, 1.54) is 16.4 Å². The molecule has 3 rings (SSSR count). The molecule has 2 heterocycles. The van der Waals surface area contributed by atoms with Gasteiger partial charge in [-0.05, 0) is 44.5 Å². The van der Waals surface area contributed by atoms with Crippen molar-refractivity contribution in [3.05, 3.63) is 41.2 Å². The van der Waals surface area contributed by atoms with Crippen LogP contribution in [0.5, 0.6) is 5.75 Å². The van der Waals surface area contributed by atoms with Crippen molar-refractivity contribution in [2.45, 2.75) is 38.6 Å². The van der Waals surface area contributed by atoms with Crippen LogP contribution in [-0.4, -0.2) is 64.6 Å². The van der Waals surface area contributed by atoms with Gasteiger partial charge in [-0.1, -0.05) is 6.07 Å². The highest BCUT2D eigenvalue weighted by molar-refractivity contribution is 7.89. The number of benzene rings is 1. The molecule has 0 unspecified atom stereocenters. The van der Waals surface area contributed by atoms with Crippen molar-refractivity contribution in [1.29, 1.82) is 0 Å². The molecule has 0 aliphatic carbocycles. The van der Waals surface area contributed by atoms with Crippen molar-refractivity contribution in [3.63, 3.8) is 0 Å². The van der Waals surface area contributed by atoms with Gasteiger partial charge in [-0.2, -0.15) is 9.40 Å². The molecule has 1 saturated heterocycles. The first kappa shape index (κ1) is 20.3. The third-order valence-electron chi connectivity index (χ3n) is 4.97. The lowest BCUT2D eigenvalue weighted by atomic mass is 10.2. The molecule has 0 atom stereocenters. The summed E-state index contributed by atoms with van der Waals surface area (Å²) in [4.78, 5) is 14.1. The number of hydrogen-bond donors (Lipinski definition) is 1. The molecule has 0 bridgehead atoms. The number of rotatable bonds is 5. The van der Waals surface area contributed by atoms with E-state index >= 15 is 0 Å². The quantitative estimate of drug-likeness (QED) is 0.811. The third-order valence-corrected chi connectivity index (χ3v) is 6.89. The summed E-state index contributed by atoms with van der Waals surface area (Å²) >= 11 is 0. The highest BCUT2D eigenvalue weighted by atomic mass is 32.2. The molecule has 0 radical (unpaired) electrons. The number of phenolic OH excluding ortho intramolecular Hbond substituents is 1. The smallest absolute Gasteiger partial charge is 0.246 e. The monoisotopic (exact) mass is 406 g/mol. The summed E-state index contributed by atoms with van der Waals surface area (Å²) in [6.45, 7) is 7.24. The van der Waals surface area contributed by atoms with Crippen LogP contribution in [0, 0.1) is 20.8 Å². The molecule has 8 nitrogen and oxygen atoms in total. The van der Waals surface area contributed by atoms with E-state index in [4.69, 9.17) is 0 Å². The zero-order valence-electron chi connectivity index (χ0n) is 16.4. The maximum Gasteiger partial charge on any atom is 0.246 e. The molecular formula is C19H26N4O4S. The number of piperazine rings is 1. The first-order valence-electron chi connectivity index (χ1n) is 9.27. The van der Waals surface area contributed by atoms with Gasteiger partial charge in [0.2, 0.25) is 15.9 Å². The minimum Gasteiger partial charge on any atom is -0.507 e. The molecule has 2 aromatic rings. The Hall–Kier alpha value is -2.39. The van der Waals surface area contributed by atoms with Crippen LogP contribution in [0.15, 0.2) is 29.2 Å². The predicted molar refractivity (Wildman–Crippen MR) is 105 cm³/mol. The molecule has 0 spiro atoms. The fraction of sp³-hybridized carbons (Fsp3) is 0.474. The summed E-state index contributed by atoms with van der Waals surface area (Å²) in [5.41, 5.74) is 2.69. The number of carbonyl (C=O) groups excluding carboxylic acids is 1. The zero-order valence-corrected chi connectivity index (χ0v) is 17.2. The second-order valence-corrected chi connectivity index (χ2v) is 9.06. The molecule has 152 valence electrons. The van der Waals surface area contributed by atoms with Crippen molar-refractivity contribution in [1.82, 2.24) is 19.0 Å². The number of aryl methyl sites for hydroxylation is 4. The minimum atomic E-state index is -3.79. The molecular weight excluding hydrogens is 380 g/mol. The fourth-order valence-electron chi connectivity index (χ4n) is 3.41. The Morgan fingerprint density at radius 3 is 2.39 bits per heavy atom. The molecule has 0 saturated carbocycles. The topological polar surface area (TPSA) is 95.7 Å². The molecule has 1 aromatic carbocycles. The Morgan fingerprint density at radius 2 is 1.79 bits per heavy atom. The van der Waals surface area contributed by atoms with E-state index in [1.54, 1.807) is 17.9 Å². The maximum absolute atomic E-state index is 12.8. The van der Waals surface area contributed by atoms with Crippen molar-refractivity contribution in [2.24, 2.45) is 0 Å². The van der Waals surface area contributed by atoms with E-state index in [2.05, 4.69) is 5.10 Å². The number of aromatic hydroxyl groups is 1. The lowest BCUT2D eigenvalue weighted by molar-refractivity contribution is -0.132. The predicted octanol–water partition coefficient (Wildman–Crippen LogP) is 1.44. The summed E-state index contributed by atoms with van der Waals surface area (Å²) in [6.07, 6.45) is 0.327. The van der Waals surface area contributed by atoms with Crippen molar-refractivity contribution >= 4 is 15.9 Å². The molecule has 9 heteroatoms. The van der Waals surface area contributed by atoms with Crippen LogP contribution >= 0.6 is 0 Å². The van der Waals surface area contributed by atoms with E-state index < -0.39 is 10.0 Å². The van der Waals surface area contributed by atoms with Crippen LogP contribution in [0.3, 0.4) is 0 Å². The Bertz CT molecular complexity index is 976. The van der Waals surface area contributed by atoms with Crippen LogP contribution in [0.25, 0.3) is 0 Å². The summed E-state index contributed by atoms with van der Waals surface area (Å²) in [5, 5.41) is 14.3. The molecule has 1 N–H and O–H groups in total. The van der Waals surface area contributed by atoms with Crippen LogP contribution in [0.2, 0.25) is 0 Å². The fourth-order valence-corrected chi connectivity index (χ4v) is 5.00. The van der Waals surface area contributed by atoms with E-state index in [-0.39, 0.29) is 29.6 Å². The molecule has 1 aromatic heterocycles. The average Bonchev–Trinajstić information content (AvgIpc) is 2.99. The number of nitrogens with zero attached hydrogens (tertiary/aromatic N) is 4. The number of carbonyl (C=O) groups is 1. The highest BCUT2D eigenvalue weighted by Crippen LogP contribution is 2.27. The molecule has 1 aliphatic rings. The molecule has 1 aliphatic heterocycles. The Balaban J connectivity index is 1.60. The molecule has 1 amide bonds. The maximum atomic E-state index is 12.8. The number of aromatic nitrogens is 2. The second kappa shape index (κ2) is 7.92. The van der Waals surface area contributed by atoms with E-state index in [9.17, 15) is 18.3 Å². The normalized spacial score (nSPS) is 15.8. The van der Waals surface area contributed by atoms with Gasteiger partial charge >= 0.3 is 0 Å². The van der Waals surface area contributed by atoms with Gasteiger partial charge in [0.25, 0.3) is 0 Å². The molecule has 1 fully saturated rings. The summed E-state index contributed by atoms with van der Waals surface area (Å²) in [5.74, 6) is -0.267. The third kappa shape index (κ3) is 4.20. The standard InChI is InChI=1S/C19H26N4O4S/c1-14-4-5-17(24)18(12-14)28(26,27)22-10-8-21(9-11-22)19(25)6-7-23-16(3)13-15(2)20-23/h4-5,12-13,24H,6-11H2,1-3H3. The van der Waals surface area contributed by atoms with Gasteiger partial charge in [-0.15, -0.1) is 0 Å². The first-order chi connectivity index (χ1) is 13.2. The SMILES string of the molecule is Cc1ccc(O)c(S(=O)(=O)N2CCN(C(=O)CCn3nc(C)cc3C)CC2)c1. The van der Waals surface area contributed by atoms with E-state index in [0.29, 0.717) is 26.1 Å². The highest BCUT2D eigenvalue weighted by Gasteiger charge is 2.31. The Labute approximate surface area is 165 Å². The number of hydrogen-bond acceptors (Lipinski definition) is 5. The summed E-state index contributed by atoms with van der Waals surface area (Å²) in [7, 11) is -3.79. The number of sulfonamides is 1. The minimum absolute atomic E-state index is 0.0111. The first-order valence-corrected chi connectivity index (χ1v) is 10.7. The summed E-state index contributed by atoms with van der Waals surface area (Å²) in [6, 6.07) is 6.49. The van der Waals surface area contributed by atoms with E-state index in [0.717, 1.165) is 17.0 Å². The molecule has 28 heavy (non-hydrogen) atoms. The second-order valence-electron chi connectivity index (χ2n) is 7.16. The van der Waals surface area contributed by atoms with Gasteiger partial charge in [-0.3, -0.25) is 9.48 Å². The lowest BCUT2D eigenvalue weighted by Gasteiger charge is -2.34. The van der Waals surface area contributed by atoms with Crippen LogP contribution in [0.4, 0.5) is 0 Å². The zero-order chi connectivity index (χ0) is 20.5. The number of amides is 1. The average molecular weight is 407 g/mol. The van der Waals surface area contributed by atoms with Gasteiger partial charge in [-0.25, -0.2) is 8.42 Å². The largest absolute Gasteiger partial charge is 0.507 e. The van der Waals surface area contributed by atoms with Gasteiger partial charge < -0.3 is 10.0 Å². The summed E-state index contributed by atoms with van der Waals surface area (Å²) < 4.78 is 28.8. The van der Waals surface area contributed by atoms with Crippen molar-refractivity contribution in [3.8, 4) is 5.75 Å².